The lowest BCUT2D eigenvalue weighted by molar-refractivity contribution is 0.00578. The van der Waals surface area contributed by atoms with Gasteiger partial charge in [-0.05, 0) is 82.1 Å². The van der Waals surface area contributed by atoms with Crippen molar-refractivity contribution in [3.8, 4) is 0 Å². The molecule has 3 rings (SSSR count). The number of rotatable bonds is 7. The van der Waals surface area contributed by atoms with Crippen LogP contribution in [0.15, 0.2) is 53.0 Å². The molecular formula is C26H38BBrO2. The quantitative estimate of drug-likeness (QED) is 0.399. The summed E-state index contributed by atoms with van der Waals surface area (Å²) in [6.45, 7) is 12.8. The lowest BCUT2D eigenvalue weighted by Crippen LogP contribution is -2.41. The van der Waals surface area contributed by atoms with E-state index in [-0.39, 0.29) is 18.3 Å². The van der Waals surface area contributed by atoms with Crippen molar-refractivity contribution in [2.75, 3.05) is 0 Å². The third-order valence-corrected chi connectivity index (χ3v) is 6.50. The van der Waals surface area contributed by atoms with Crippen LogP contribution in [0.25, 0.3) is 0 Å². The van der Waals surface area contributed by atoms with E-state index in [9.17, 15) is 0 Å². The molecule has 0 N–H and O–H groups in total. The zero-order valence-corrected chi connectivity index (χ0v) is 21.2. The van der Waals surface area contributed by atoms with Gasteiger partial charge < -0.3 is 9.31 Å². The highest BCUT2D eigenvalue weighted by Gasteiger charge is 2.51. The van der Waals surface area contributed by atoms with Gasteiger partial charge in [-0.25, -0.2) is 0 Å². The van der Waals surface area contributed by atoms with Gasteiger partial charge in [-0.3, -0.25) is 0 Å². The van der Waals surface area contributed by atoms with Crippen molar-refractivity contribution in [3.05, 3.63) is 64.1 Å². The number of unbranched alkanes of at least 4 members (excludes halogenated alkanes) is 2. The normalized spacial score (nSPS) is 16.8. The molecule has 0 spiro atoms. The molecule has 4 heteroatoms. The number of benzene rings is 2. The van der Waals surface area contributed by atoms with Gasteiger partial charge in [0, 0.05) is 4.47 Å². The molecule has 1 heterocycles. The van der Waals surface area contributed by atoms with Crippen molar-refractivity contribution in [2.24, 2.45) is 0 Å². The number of aryl methyl sites for hydroxylation is 2. The first-order valence-electron chi connectivity index (χ1n) is 11.4. The molecule has 0 saturated carbocycles. The molecule has 2 aromatic carbocycles. The topological polar surface area (TPSA) is 18.5 Å². The summed E-state index contributed by atoms with van der Waals surface area (Å²) in [6, 6.07) is 17.1. The van der Waals surface area contributed by atoms with E-state index in [4.69, 9.17) is 9.31 Å². The molecule has 0 bridgehead atoms. The summed E-state index contributed by atoms with van der Waals surface area (Å²) in [6.07, 6.45) is 7.34. The van der Waals surface area contributed by atoms with Crippen molar-refractivity contribution >= 4 is 28.5 Å². The number of halogens is 1. The first kappa shape index (κ1) is 25.2. The Morgan fingerprint density at radius 2 is 1.27 bits per heavy atom. The van der Waals surface area contributed by atoms with E-state index in [0.717, 1.165) is 11.9 Å². The van der Waals surface area contributed by atoms with E-state index in [2.05, 4.69) is 106 Å². The second-order valence-corrected chi connectivity index (χ2v) is 10.1. The predicted octanol–water partition coefficient (Wildman–Crippen LogP) is 7.12. The van der Waals surface area contributed by atoms with Crippen LogP contribution in [-0.4, -0.2) is 18.3 Å². The van der Waals surface area contributed by atoms with E-state index in [1.54, 1.807) is 0 Å². The van der Waals surface area contributed by atoms with E-state index in [1.165, 1.54) is 47.7 Å². The summed E-state index contributed by atoms with van der Waals surface area (Å²) < 4.78 is 13.4. The van der Waals surface area contributed by atoms with Crippen LogP contribution in [0, 0.1) is 0 Å². The fourth-order valence-electron chi connectivity index (χ4n) is 3.33. The van der Waals surface area contributed by atoms with Crippen LogP contribution in [-0.2, 0) is 22.2 Å². The van der Waals surface area contributed by atoms with E-state index in [0.29, 0.717) is 0 Å². The Balaban J connectivity index is 0.000000248. The monoisotopic (exact) mass is 472 g/mol. The Bertz CT molecular complexity index is 772. The fourth-order valence-corrected chi connectivity index (χ4v) is 3.78. The molecule has 0 aliphatic carbocycles. The van der Waals surface area contributed by atoms with E-state index >= 15 is 0 Å². The first-order valence-corrected chi connectivity index (χ1v) is 12.2. The van der Waals surface area contributed by atoms with Crippen LogP contribution in [0.4, 0.5) is 0 Å². The standard InChI is InChI=1S/C16H25BO2.C10H13Br/c1-6-7-9-13-10-8-11-14(12-13)17-18-15(2,3)16(4,5)19-17;1-2-3-5-9-6-4-7-10(11)8-9/h8,10-12H,6-7,9H2,1-5H3;4,6-8H,2-3,5H2,1H3. The minimum Gasteiger partial charge on any atom is -0.399 e. The van der Waals surface area contributed by atoms with Crippen molar-refractivity contribution in [1.82, 2.24) is 0 Å². The Labute approximate surface area is 193 Å². The van der Waals surface area contributed by atoms with Gasteiger partial charge in [0.1, 0.15) is 0 Å². The van der Waals surface area contributed by atoms with E-state index in [1.807, 2.05) is 0 Å². The largest absolute Gasteiger partial charge is 0.494 e. The molecule has 1 aliphatic heterocycles. The molecule has 1 aliphatic rings. The van der Waals surface area contributed by atoms with Gasteiger partial charge in [0.05, 0.1) is 11.2 Å². The Kier molecular flexibility index (Phi) is 9.65. The molecule has 2 nitrogen and oxygen atoms in total. The highest BCUT2D eigenvalue weighted by atomic mass is 79.9. The third-order valence-electron chi connectivity index (χ3n) is 6.00. The maximum absolute atomic E-state index is 6.09. The smallest absolute Gasteiger partial charge is 0.399 e. The maximum atomic E-state index is 6.09. The molecule has 2 aromatic rings. The molecule has 0 atom stereocenters. The SMILES string of the molecule is CCCCc1cccc(B2OC(C)(C)C(C)(C)O2)c1.CCCCc1cccc(Br)c1. The predicted molar refractivity (Wildman–Crippen MR) is 134 cm³/mol. The Morgan fingerprint density at radius 3 is 1.77 bits per heavy atom. The van der Waals surface area contributed by atoms with Crippen LogP contribution in [0.1, 0.15) is 78.4 Å². The van der Waals surface area contributed by atoms with Gasteiger partial charge in [0.15, 0.2) is 0 Å². The second-order valence-electron chi connectivity index (χ2n) is 9.17. The molecule has 1 saturated heterocycles. The average Bonchev–Trinajstić information content (AvgIpc) is 2.93. The summed E-state index contributed by atoms with van der Waals surface area (Å²) >= 11 is 3.45. The summed E-state index contributed by atoms with van der Waals surface area (Å²) in [5.74, 6) is 0. The van der Waals surface area contributed by atoms with Crippen LogP contribution < -0.4 is 5.46 Å². The highest BCUT2D eigenvalue weighted by Crippen LogP contribution is 2.36. The van der Waals surface area contributed by atoms with Crippen molar-refractivity contribution in [1.29, 1.82) is 0 Å². The van der Waals surface area contributed by atoms with E-state index < -0.39 is 0 Å². The zero-order valence-electron chi connectivity index (χ0n) is 19.6. The second kappa shape index (κ2) is 11.5. The van der Waals surface area contributed by atoms with Crippen molar-refractivity contribution < 1.29 is 9.31 Å². The third kappa shape index (κ3) is 7.25. The van der Waals surface area contributed by atoms with Gasteiger partial charge in [0.25, 0.3) is 0 Å². The van der Waals surface area contributed by atoms with Crippen LogP contribution in [0.3, 0.4) is 0 Å². The minimum atomic E-state index is -0.267. The van der Waals surface area contributed by atoms with Gasteiger partial charge in [0.2, 0.25) is 0 Å². The van der Waals surface area contributed by atoms with Crippen LogP contribution in [0.5, 0.6) is 0 Å². The van der Waals surface area contributed by atoms with Gasteiger partial charge >= 0.3 is 7.12 Å². The lowest BCUT2D eigenvalue weighted by atomic mass is 9.78. The molecular weight excluding hydrogens is 435 g/mol. The Morgan fingerprint density at radius 1 is 0.767 bits per heavy atom. The maximum Gasteiger partial charge on any atom is 0.494 e. The van der Waals surface area contributed by atoms with Crippen molar-refractivity contribution in [3.63, 3.8) is 0 Å². The molecule has 1 fully saturated rings. The molecule has 164 valence electrons. The molecule has 0 radical (unpaired) electrons. The highest BCUT2D eigenvalue weighted by molar-refractivity contribution is 9.10. The van der Waals surface area contributed by atoms with Crippen LogP contribution in [0.2, 0.25) is 0 Å². The molecule has 0 aromatic heterocycles. The van der Waals surface area contributed by atoms with Gasteiger partial charge in [-0.15, -0.1) is 0 Å². The van der Waals surface area contributed by atoms with Gasteiger partial charge in [-0.1, -0.05) is 79.0 Å². The molecule has 0 amide bonds. The van der Waals surface area contributed by atoms with Crippen LogP contribution >= 0.6 is 15.9 Å². The Hall–Kier alpha value is -1.10. The summed E-state index contributed by atoms with van der Waals surface area (Å²) in [5, 5.41) is 0. The molecule has 30 heavy (non-hydrogen) atoms. The first-order chi connectivity index (χ1) is 14.2. The molecule has 0 unspecified atom stereocenters. The average molecular weight is 473 g/mol. The van der Waals surface area contributed by atoms with Crippen molar-refractivity contribution in [2.45, 2.75) is 91.3 Å². The number of hydrogen-bond donors (Lipinski definition) is 0. The zero-order chi connectivity index (χ0) is 22.2. The number of hydrogen-bond acceptors (Lipinski definition) is 2. The lowest BCUT2D eigenvalue weighted by Gasteiger charge is -2.32. The van der Waals surface area contributed by atoms with Gasteiger partial charge in [-0.2, -0.15) is 0 Å². The summed E-state index contributed by atoms with van der Waals surface area (Å²) in [4.78, 5) is 0. The fraction of sp³-hybridized carbons (Fsp3) is 0.538. The summed E-state index contributed by atoms with van der Waals surface area (Å²) in [5.41, 5.74) is 3.40. The summed E-state index contributed by atoms with van der Waals surface area (Å²) in [7, 11) is -0.244. The minimum absolute atomic E-state index is 0.244.